The molecule has 2 aromatic carbocycles. The highest BCUT2D eigenvalue weighted by Gasteiger charge is 2.19. The van der Waals surface area contributed by atoms with E-state index in [0.29, 0.717) is 0 Å². The number of hydrogen-bond donors (Lipinski definition) is 0. The normalized spacial score (nSPS) is 12.1. The van der Waals surface area contributed by atoms with E-state index in [-0.39, 0.29) is 11.7 Å². The van der Waals surface area contributed by atoms with Gasteiger partial charge in [-0.15, -0.1) is 0 Å². The van der Waals surface area contributed by atoms with Crippen LogP contribution < -0.4 is 0 Å². The van der Waals surface area contributed by atoms with Gasteiger partial charge in [0.15, 0.2) is 5.78 Å². The van der Waals surface area contributed by atoms with Crippen LogP contribution in [0.15, 0.2) is 48.5 Å². The maximum Gasteiger partial charge on any atom is 0.166 e. The van der Waals surface area contributed by atoms with Gasteiger partial charge < -0.3 is 0 Å². The largest absolute Gasteiger partial charge is 0.294 e. The third-order valence-electron chi connectivity index (χ3n) is 3.71. The van der Waals surface area contributed by atoms with Crippen molar-refractivity contribution >= 4 is 17.4 Å². The van der Waals surface area contributed by atoms with Gasteiger partial charge in [0.2, 0.25) is 0 Å². The SMILES string of the molecule is CCCC(Cc1ccc(Cl)cc1)C(=O)c1cccc(C)c1. The molecule has 0 aliphatic rings. The van der Waals surface area contributed by atoms with E-state index in [1.54, 1.807) is 0 Å². The van der Waals surface area contributed by atoms with Gasteiger partial charge in [-0.05, 0) is 43.5 Å². The molecule has 110 valence electrons. The predicted octanol–water partition coefficient (Wildman–Crippen LogP) is 5.49. The van der Waals surface area contributed by atoms with Crippen LogP contribution in [-0.2, 0) is 6.42 Å². The molecule has 0 heterocycles. The Morgan fingerprint density at radius 2 is 1.86 bits per heavy atom. The van der Waals surface area contributed by atoms with Crippen molar-refractivity contribution in [2.24, 2.45) is 5.92 Å². The molecule has 2 rings (SSSR count). The molecule has 0 aromatic heterocycles. The van der Waals surface area contributed by atoms with Gasteiger partial charge in [0.1, 0.15) is 0 Å². The lowest BCUT2D eigenvalue weighted by Crippen LogP contribution is -2.17. The van der Waals surface area contributed by atoms with Gasteiger partial charge in [-0.25, -0.2) is 0 Å². The highest BCUT2D eigenvalue weighted by molar-refractivity contribution is 6.30. The number of rotatable bonds is 6. The molecule has 0 aliphatic heterocycles. The molecule has 0 amide bonds. The van der Waals surface area contributed by atoms with Crippen LogP contribution in [0.2, 0.25) is 5.02 Å². The summed E-state index contributed by atoms with van der Waals surface area (Å²) >= 11 is 5.92. The third kappa shape index (κ3) is 4.44. The summed E-state index contributed by atoms with van der Waals surface area (Å²) in [5.74, 6) is 0.286. The van der Waals surface area contributed by atoms with E-state index < -0.39 is 0 Å². The smallest absolute Gasteiger partial charge is 0.166 e. The molecule has 0 bridgehead atoms. The van der Waals surface area contributed by atoms with Crippen LogP contribution in [-0.4, -0.2) is 5.78 Å². The number of carbonyl (C=O) groups is 1. The second kappa shape index (κ2) is 7.42. The average Bonchev–Trinajstić information content (AvgIpc) is 2.48. The third-order valence-corrected chi connectivity index (χ3v) is 3.96. The Balaban J connectivity index is 2.18. The van der Waals surface area contributed by atoms with Crippen LogP contribution in [0.1, 0.15) is 41.3 Å². The number of Topliss-reactive ketones (excluding diaryl/α,β-unsaturated/α-hetero) is 1. The number of hydrogen-bond acceptors (Lipinski definition) is 1. The molecular weight excluding hydrogens is 280 g/mol. The zero-order valence-electron chi connectivity index (χ0n) is 12.6. The van der Waals surface area contributed by atoms with Crippen LogP contribution in [0.3, 0.4) is 0 Å². The maximum absolute atomic E-state index is 12.7. The summed E-state index contributed by atoms with van der Waals surface area (Å²) in [7, 11) is 0. The maximum atomic E-state index is 12.7. The Morgan fingerprint density at radius 1 is 1.14 bits per heavy atom. The predicted molar refractivity (Wildman–Crippen MR) is 89.1 cm³/mol. The molecular formula is C19H21ClO. The van der Waals surface area contributed by atoms with Crippen molar-refractivity contribution in [2.45, 2.75) is 33.1 Å². The average molecular weight is 301 g/mol. The van der Waals surface area contributed by atoms with E-state index >= 15 is 0 Å². The number of halogens is 1. The minimum atomic E-state index is 0.0398. The first kappa shape index (κ1) is 15.8. The lowest BCUT2D eigenvalue weighted by molar-refractivity contribution is 0.0911. The molecule has 0 N–H and O–H groups in total. The lowest BCUT2D eigenvalue weighted by Gasteiger charge is -2.15. The molecule has 0 saturated carbocycles. The molecule has 0 spiro atoms. The molecule has 1 atom stereocenters. The first-order valence-corrected chi connectivity index (χ1v) is 7.83. The van der Waals surface area contributed by atoms with E-state index in [9.17, 15) is 4.79 Å². The number of benzene rings is 2. The Bertz CT molecular complexity index is 601. The first-order chi connectivity index (χ1) is 10.1. The Labute approximate surface area is 132 Å². The number of ketones is 1. The second-order valence-electron chi connectivity index (χ2n) is 5.55. The van der Waals surface area contributed by atoms with Crippen molar-refractivity contribution in [2.75, 3.05) is 0 Å². The molecule has 0 saturated heterocycles. The van der Waals surface area contributed by atoms with E-state index in [4.69, 9.17) is 11.6 Å². The van der Waals surface area contributed by atoms with E-state index in [0.717, 1.165) is 35.4 Å². The number of aryl methyl sites for hydroxylation is 1. The van der Waals surface area contributed by atoms with Crippen LogP contribution in [0.5, 0.6) is 0 Å². The number of carbonyl (C=O) groups excluding carboxylic acids is 1. The summed E-state index contributed by atoms with van der Waals surface area (Å²) in [6.45, 7) is 4.14. The Hall–Kier alpha value is -1.60. The molecule has 1 unspecified atom stereocenters. The molecule has 2 aromatic rings. The summed E-state index contributed by atoms with van der Waals surface area (Å²) in [4.78, 5) is 12.7. The highest BCUT2D eigenvalue weighted by atomic mass is 35.5. The van der Waals surface area contributed by atoms with Crippen molar-refractivity contribution in [1.29, 1.82) is 0 Å². The van der Waals surface area contributed by atoms with Crippen LogP contribution >= 0.6 is 11.6 Å². The zero-order chi connectivity index (χ0) is 15.2. The molecule has 0 fully saturated rings. The van der Waals surface area contributed by atoms with E-state index in [2.05, 4.69) is 6.92 Å². The lowest BCUT2D eigenvalue weighted by atomic mass is 9.87. The molecule has 21 heavy (non-hydrogen) atoms. The quantitative estimate of drug-likeness (QED) is 0.645. The molecule has 0 aliphatic carbocycles. The van der Waals surface area contributed by atoms with Gasteiger partial charge >= 0.3 is 0 Å². The van der Waals surface area contributed by atoms with E-state index in [1.165, 1.54) is 5.56 Å². The van der Waals surface area contributed by atoms with Gasteiger partial charge in [-0.2, -0.15) is 0 Å². The summed E-state index contributed by atoms with van der Waals surface area (Å²) in [6.07, 6.45) is 2.70. The topological polar surface area (TPSA) is 17.1 Å². The summed E-state index contributed by atoms with van der Waals surface area (Å²) in [6, 6.07) is 15.7. The van der Waals surface area contributed by atoms with Crippen molar-refractivity contribution in [3.8, 4) is 0 Å². The van der Waals surface area contributed by atoms with Gasteiger partial charge in [0, 0.05) is 16.5 Å². The van der Waals surface area contributed by atoms with Crippen molar-refractivity contribution in [3.05, 3.63) is 70.2 Å². The zero-order valence-corrected chi connectivity index (χ0v) is 13.4. The summed E-state index contributed by atoms with van der Waals surface area (Å²) < 4.78 is 0. The van der Waals surface area contributed by atoms with Crippen molar-refractivity contribution in [3.63, 3.8) is 0 Å². The van der Waals surface area contributed by atoms with Gasteiger partial charge in [0.05, 0.1) is 0 Å². The second-order valence-corrected chi connectivity index (χ2v) is 5.99. The standard InChI is InChI=1S/C19H21ClO/c1-3-5-16(13-15-8-10-18(20)11-9-15)19(21)17-7-4-6-14(2)12-17/h4,6-12,16H,3,5,13H2,1-2H3. The fourth-order valence-corrected chi connectivity index (χ4v) is 2.74. The van der Waals surface area contributed by atoms with Crippen molar-refractivity contribution in [1.82, 2.24) is 0 Å². The van der Waals surface area contributed by atoms with Crippen LogP contribution in [0.25, 0.3) is 0 Å². The van der Waals surface area contributed by atoms with Gasteiger partial charge in [-0.1, -0.05) is 60.8 Å². The minimum absolute atomic E-state index is 0.0398. The molecule has 0 radical (unpaired) electrons. The van der Waals surface area contributed by atoms with Crippen LogP contribution in [0.4, 0.5) is 0 Å². The monoisotopic (exact) mass is 300 g/mol. The minimum Gasteiger partial charge on any atom is -0.294 e. The first-order valence-electron chi connectivity index (χ1n) is 7.45. The highest BCUT2D eigenvalue weighted by Crippen LogP contribution is 2.21. The van der Waals surface area contributed by atoms with E-state index in [1.807, 2.05) is 55.5 Å². The Morgan fingerprint density at radius 3 is 2.48 bits per heavy atom. The fourth-order valence-electron chi connectivity index (χ4n) is 2.61. The van der Waals surface area contributed by atoms with Crippen molar-refractivity contribution < 1.29 is 4.79 Å². The molecule has 1 nitrogen and oxygen atoms in total. The summed E-state index contributed by atoms with van der Waals surface area (Å²) in [5.41, 5.74) is 3.11. The molecule has 2 heteroatoms. The van der Waals surface area contributed by atoms with Crippen LogP contribution in [0, 0.1) is 12.8 Å². The fraction of sp³-hybridized carbons (Fsp3) is 0.316. The van der Waals surface area contributed by atoms with Gasteiger partial charge in [-0.3, -0.25) is 4.79 Å². The Kier molecular flexibility index (Phi) is 5.58. The van der Waals surface area contributed by atoms with Gasteiger partial charge in [0.25, 0.3) is 0 Å². The summed E-state index contributed by atoms with van der Waals surface area (Å²) in [5, 5.41) is 0.732.